The number of benzene rings is 1. The third-order valence-corrected chi connectivity index (χ3v) is 6.06. The molecular formula is C15H19N3O6S. The van der Waals surface area contributed by atoms with Crippen LogP contribution in [0.2, 0.25) is 0 Å². The average Bonchev–Trinajstić information content (AvgIpc) is 2.89. The highest BCUT2D eigenvalue weighted by atomic mass is 32.2. The van der Waals surface area contributed by atoms with Gasteiger partial charge in [-0.25, -0.2) is 18.0 Å². The Kier molecular flexibility index (Phi) is 4.56. The Hall–Kier alpha value is -2.33. The second-order valence-electron chi connectivity index (χ2n) is 5.65. The van der Waals surface area contributed by atoms with Crippen LogP contribution in [-0.4, -0.2) is 61.1 Å². The molecule has 1 saturated heterocycles. The molecule has 1 aromatic heterocycles. The van der Waals surface area contributed by atoms with E-state index in [4.69, 9.17) is 9.15 Å². The monoisotopic (exact) mass is 369 g/mol. The lowest BCUT2D eigenvalue weighted by Crippen LogP contribution is -2.50. The molecule has 1 aliphatic heterocycles. The molecule has 1 aromatic carbocycles. The van der Waals surface area contributed by atoms with Crippen LogP contribution in [0.15, 0.2) is 32.3 Å². The van der Waals surface area contributed by atoms with Crippen molar-refractivity contribution in [2.24, 2.45) is 7.05 Å². The summed E-state index contributed by atoms with van der Waals surface area (Å²) in [4.78, 5) is 24.8. The van der Waals surface area contributed by atoms with Gasteiger partial charge in [-0.2, -0.15) is 4.31 Å². The maximum Gasteiger partial charge on any atom is 0.419 e. The molecular weight excluding hydrogens is 350 g/mol. The molecule has 0 radical (unpaired) electrons. The summed E-state index contributed by atoms with van der Waals surface area (Å²) in [6, 6.07) is 4.31. The van der Waals surface area contributed by atoms with E-state index < -0.39 is 21.9 Å². The topological polar surface area (TPSA) is 102 Å². The summed E-state index contributed by atoms with van der Waals surface area (Å²) in [5.41, 5.74) is 0.745. The van der Waals surface area contributed by atoms with Crippen molar-refractivity contribution in [3.8, 4) is 0 Å². The Balaban J connectivity index is 1.82. The number of oxazole rings is 1. The zero-order chi connectivity index (χ0) is 18.2. The van der Waals surface area contributed by atoms with E-state index in [-0.39, 0.29) is 37.7 Å². The van der Waals surface area contributed by atoms with E-state index in [1.165, 1.54) is 39.0 Å². The van der Waals surface area contributed by atoms with E-state index in [1.807, 2.05) is 0 Å². The molecule has 0 unspecified atom stereocenters. The standard InChI is InChI=1S/C15H19N3O6S/c1-3-23-15(20)17-6-8-18(9-7-17)25(21,22)11-4-5-13-12(10-11)16(2)14(19)24-13/h4-5,10H,3,6-9H2,1-2H3. The van der Waals surface area contributed by atoms with Crippen LogP contribution in [0.25, 0.3) is 11.1 Å². The lowest BCUT2D eigenvalue weighted by molar-refractivity contribution is 0.0934. The molecule has 2 heterocycles. The van der Waals surface area contributed by atoms with Gasteiger partial charge in [-0.15, -0.1) is 0 Å². The number of nitrogens with zero attached hydrogens (tertiary/aromatic N) is 3. The molecule has 136 valence electrons. The molecule has 1 aliphatic rings. The van der Waals surface area contributed by atoms with E-state index in [0.717, 1.165) is 0 Å². The fourth-order valence-electron chi connectivity index (χ4n) is 2.74. The molecule has 1 fully saturated rings. The second-order valence-corrected chi connectivity index (χ2v) is 7.58. The third-order valence-electron chi connectivity index (χ3n) is 4.17. The van der Waals surface area contributed by atoms with Crippen molar-refractivity contribution < 1.29 is 22.4 Å². The van der Waals surface area contributed by atoms with E-state index in [9.17, 15) is 18.0 Å². The number of piperazine rings is 1. The molecule has 10 heteroatoms. The number of aryl methyl sites for hydroxylation is 1. The molecule has 25 heavy (non-hydrogen) atoms. The van der Waals surface area contributed by atoms with Crippen molar-refractivity contribution >= 4 is 27.2 Å². The quantitative estimate of drug-likeness (QED) is 0.785. The summed E-state index contributed by atoms with van der Waals surface area (Å²) in [7, 11) is -2.21. The Morgan fingerprint density at radius 3 is 2.56 bits per heavy atom. The molecule has 0 saturated carbocycles. The highest BCUT2D eigenvalue weighted by molar-refractivity contribution is 7.89. The third kappa shape index (κ3) is 3.14. The first-order valence-corrected chi connectivity index (χ1v) is 9.30. The zero-order valence-electron chi connectivity index (χ0n) is 14.0. The lowest BCUT2D eigenvalue weighted by atomic mass is 10.3. The van der Waals surface area contributed by atoms with Crippen LogP contribution in [0, 0.1) is 0 Å². The van der Waals surface area contributed by atoms with E-state index >= 15 is 0 Å². The van der Waals surface area contributed by atoms with Crippen LogP contribution in [0.3, 0.4) is 0 Å². The zero-order valence-corrected chi connectivity index (χ0v) is 14.8. The van der Waals surface area contributed by atoms with Crippen molar-refractivity contribution in [3.05, 3.63) is 28.7 Å². The second kappa shape index (κ2) is 6.52. The molecule has 3 rings (SSSR count). The van der Waals surface area contributed by atoms with Gasteiger partial charge in [-0.1, -0.05) is 0 Å². The van der Waals surface area contributed by atoms with Gasteiger partial charge in [0, 0.05) is 33.2 Å². The molecule has 1 amide bonds. The van der Waals surface area contributed by atoms with Gasteiger partial charge in [0.25, 0.3) is 0 Å². The Morgan fingerprint density at radius 2 is 1.92 bits per heavy atom. The summed E-state index contributed by atoms with van der Waals surface area (Å²) in [5, 5.41) is 0. The van der Waals surface area contributed by atoms with Crippen LogP contribution < -0.4 is 5.76 Å². The lowest BCUT2D eigenvalue weighted by Gasteiger charge is -2.33. The van der Waals surface area contributed by atoms with Crippen molar-refractivity contribution in [3.63, 3.8) is 0 Å². The highest BCUT2D eigenvalue weighted by Gasteiger charge is 2.31. The summed E-state index contributed by atoms with van der Waals surface area (Å²) >= 11 is 0. The predicted octanol–water partition coefficient (Wildman–Crippen LogP) is 0.594. The van der Waals surface area contributed by atoms with Gasteiger partial charge >= 0.3 is 11.8 Å². The molecule has 0 N–H and O–H groups in total. The molecule has 0 bridgehead atoms. The maximum absolute atomic E-state index is 12.8. The number of hydrogen-bond donors (Lipinski definition) is 0. The van der Waals surface area contributed by atoms with Gasteiger partial charge in [0.2, 0.25) is 10.0 Å². The van der Waals surface area contributed by atoms with Gasteiger partial charge < -0.3 is 14.1 Å². The molecule has 0 atom stereocenters. The van der Waals surface area contributed by atoms with Gasteiger partial charge in [0.15, 0.2) is 5.58 Å². The largest absolute Gasteiger partial charge is 0.450 e. The van der Waals surface area contributed by atoms with Crippen LogP contribution in [0.1, 0.15) is 6.92 Å². The van der Waals surface area contributed by atoms with Crippen LogP contribution in [0.5, 0.6) is 0 Å². The van der Waals surface area contributed by atoms with Crippen molar-refractivity contribution in [2.45, 2.75) is 11.8 Å². The predicted molar refractivity (Wildman–Crippen MR) is 88.8 cm³/mol. The maximum atomic E-state index is 12.8. The van der Waals surface area contributed by atoms with E-state index in [0.29, 0.717) is 11.1 Å². The van der Waals surface area contributed by atoms with Crippen LogP contribution >= 0.6 is 0 Å². The van der Waals surface area contributed by atoms with Gasteiger partial charge in [-0.3, -0.25) is 4.57 Å². The van der Waals surface area contributed by atoms with Crippen LogP contribution in [-0.2, 0) is 21.8 Å². The van der Waals surface area contributed by atoms with Gasteiger partial charge in [0.05, 0.1) is 17.0 Å². The van der Waals surface area contributed by atoms with Crippen molar-refractivity contribution in [2.75, 3.05) is 32.8 Å². The number of ether oxygens (including phenoxy) is 1. The Labute approximate surface area is 144 Å². The number of carbonyl (C=O) groups excluding carboxylic acids is 1. The number of fused-ring (bicyclic) bond motifs is 1. The highest BCUT2D eigenvalue weighted by Crippen LogP contribution is 2.22. The average molecular weight is 369 g/mol. The normalized spacial score (nSPS) is 16.3. The number of sulfonamides is 1. The number of carbonyl (C=O) groups is 1. The minimum Gasteiger partial charge on any atom is -0.450 e. The fourth-order valence-corrected chi connectivity index (χ4v) is 4.18. The number of rotatable bonds is 3. The minimum atomic E-state index is -3.72. The first-order chi connectivity index (χ1) is 11.8. The fraction of sp³-hybridized carbons (Fsp3) is 0.467. The molecule has 2 aromatic rings. The summed E-state index contributed by atoms with van der Waals surface area (Å²) in [6.07, 6.45) is -0.436. The van der Waals surface area contributed by atoms with Gasteiger partial charge in [0.1, 0.15) is 0 Å². The smallest absolute Gasteiger partial charge is 0.419 e. The number of hydrogen-bond acceptors (Lipinski definition) is 6. The van der Waals surface area contributed by atoms with Crippen molar-refractivity contribution in [1.82, 2.24) is 13.8 Å². The summed E-state index contributed by atoms with van der Waals surface area (Å²) < 4.78 is 38.2. The Bertz CT molecular complexity index is 953. The van der Waals surface area contributed by atoms with E-state index in [2.05, 4.69) is 0 Å². The minimum absolute atomic E-state index is 0.0842. The van der Waals surface area contributed by atoms with E-state index in [1.54, 1.807) is 6.92 Å². The number of amides is 1. The number of aromatic nitrogens is 1. The van der Waals surface area contributed by atoms with Crippen LogP contribution in [0.4, 0.5) is 4.79 Å². The summed E-state index contributed by atoms with van der Waals surface area (Å²) in [6.45, 7) is 2.90. The first-order valence-electron chi connectivity index (χ1n) is 7.86. The Morgan fingerprint density at radius 1 is 1.24 bits per heavy atom. The van der Waals surface area contributed by atoms with Gasteiger partial charge in [-0.05, 0) is 25.1 Å². The molecule has 0 aliphatic carbocycles. The SMILES string of the molecule is CCOC(=O)N1CCN(S(=O)(=O)c2ccc3oc(=O)n(C)c3c2)CC1. The molecule has 9 nitrogen and oxygen atoms in total. The first kappa shape index (κ1) is 17.5. The molecule has 0 spiro atoms. The van der Waals surface area contributed by atoms with Crippen molar-refractivity contribution in [1.29, 1.82) is 0 Å². The summed E-state index contributed by atoms with van der Waals surface area (Å²) in [5.74, 6) is -0.549.